The maximum absolute atomic E-state index is 12.6. The molecule has 0 saturated carbocycles. The number of aryl methyl sites for hydroxylation is 2. The van der Waals surface area contributed by atoms with Crippen molar-refractivity contribution in [3.8, 4) is 0 Å². The molecule has 1 heterocycles. The number of nitrogens with zero attached hydrogens (tertiary/aromatic N) is 1. The number of nitrogens with one attached hydrogen (secondary N) is 2. The number of amides is 1. The molecule has 1 amide bonds. The van der Waals surface area contributed by atoms with Crippen molar-refractivity contribution in [3.05, 3.63) is 88.4 Å². The molecule has 0 unspecified atom stereocenters. The number of thiazole rings is 1. The van der Waals surface area contributed by atoms with Crippen LogP contribution in [-0.4, -0.2) is 25.9 Å². The fraction of sp³-hybridized carbons (Fsp3) is 0.182. The lowest BCUT2D eigenvalue weighted by Crippen LogP contribution is -2.24. The Morgan fingerprint density at radius 2 is 1.90 bits per heavy atom. The van der Waals surface area contributed by atoms with Gasteiger partial charge >= 0.3 is 0 Å². The molecule has 8 heteroatoms. The van der Waals surface area contributed by atoms with Crippen LogP contribution in [0.1, 0.15) is 32.1 Å². The summed E-state index contributed by atoms with van der Waals surface area (Å²) >= 11 is 1.42. The number of sulfonamides is 1. The van der Waals surface area contributed by atoms with Crippen molar-refractivity contribution in [2.24, 2.45) is 0 Å². The van der Waals surface area contributed by atoms with Crippen LogP contribution in [-0.2, 0) is 16.4 Å². The van der Waals surface area contributed by atoms with Gasteiger partial charge in [0.05, 0.1) is 10.6 Å². The van der Waals surface area contributed by atoms with Gasteiger partial charge in [0, 0.05) is 23.4 Å². The Labute approximate surface area is 180 Å². The molecule has 0 aliphatic carbocycles. The maximum Gasteiger partial charge on any atom is 0.257 e. The van der Waals surface area contributed by atoms with E-state index in [1.807, 2.05) is 13.8 Å². The van der Waals surface area contributed by atoms with Crippen LogP contribution in [0.2, 0.25) is 0 Å². The lowest BCUT2D eigenvalue weighted by atomic mass is 10.1. The Kier molecular flexibility index (Phi) is 6.81. The summed E-state index contributed by atoms with van der Waals surface area (Å²) in [7, 11) is -3.71. The summed E-state index contributed by atoms with van der Waals surface area (Å²) in [5, 5.41) is 3.26. The van der Waals surface area contributed by atoms with Crippen LogP contribution in [0.5, 0.6) is 0 Å². The SMILES string of the molecule is C=CCNS(=O)(=O)c1cccc(C(=O)Nc2nc(C)c(Cc3ccc(C)cc3)s2)c1. The van der Waals surface area contributed by atoms with E-state index in [1.165, 1.54) is 46.7 Å². The first-order valence-corrected chi connectivity index (χ1v) is 11.6. The van der Waals surface area contributed by atoms with Crippen LogP contribution < -0.4 is 10.0 Å². The summed E-state index contributed by atoms with van der Waals surface area (Å²) in [6.45, 7) is 7.56. The fourth-order valence-corrected chi connectivity index (χ4v) is 4.80. The van der Waals surface area contributed by atoms with Crippen molar-refractivity contribution in [2.75, 3.05) is 11.9 Å². The highest BCUT2D eigenvalue weighted by molar-refractivity contribution is 7.89. The molecule has 2 aromatic carbocycles. The van der Waals surface area contributed by atoms with E-state index in [0.717, 1.165) is 17.0 Å². The topological polar surface area (TPSA) is 88.2 Å². The highest BCUT2D eigenvalue weighted by Gasteiger charge is 2.17. The number of rotatable bonds is 8. The number of benzene rings is 2. The number of hydrogen-bond acceptors (Lipinski definition) is 5. The number of anilines is 1. The Balaban J connectivity index is 1.74. The summed E-state index contributed by atoms with van der Waals surface area (Å²) in [6.07, 6.45) is 2.19. The fourth-order valence-electron chi connectivity index (χ4n) is 2.76. The lowest BCUT2D eigenvalue weighted by Gasteiger charge is -2.07. The summed E-state index contributed by atoms with van der Waals surface area (Å²) in [6, 6.07) is 14.2. The molecular weight excluding hydrogens is 418 g/mol. The van der Waals surface area contributed by atoms with Gasteiger partial charge in [-0.3, -0.25) is 10.1 Å². The van der Waals surface area contributed by atoms with Gasteiger partial charge in [0.2, 0.25) is 10.0 Å². The number of aromatic nitrogens is 1. The second-order valence-corrected chi connectivity index (χ2v) is 9.66. The summed E-state index contributed by atoms with van der Waals surface area (Å²) in [5.41, 5.74) is 3.48. The molecule has 6 nitrogen and oxygen atoms in total. The molecule has 0 bridgehead atoms. The second-order valence-electron chi connectivity index (χ2n) is 6.81. The van der Waals surface area contributed by atoms with E-state index in [1.54, 1.807) is 6.07 Å². The number of carbonyl (C=O) groups is 1. The third kappa shape index (κ3) is 5.41. The van der Waals surface area contributed by atoms with Crippen molar-refractivity contribution in [3.63, 3.8) is 0 Å². The van der Waals surface area contributed by atoms with Crippen LogP contribution in [0.25, 0.3) is 0 Å². The Hall–Kier alpha value is -2.81. The Morgan fingerprint density at radius 1 is 1.17 bits per heavy atom. The average Bonchev–Trinajstić information content (AvgIpc) is 3.07. The summed E-state index contributed by atoms with van der Waals surface area (Å²) in [5.74, 6) is -0.411. The van der Waals surface area contributed by atoms with E-state index in [0.29, 0.717) is 5.13 Å². The van der Waals surface area contributed by atoms with Gasteiger partial charge in [-0.2, -0.15) is 0 Å². The van der Waals surface area contributed by atoms with Crippen LogP contribution in [0.4, 0.5) is 5.13 Å². The minimum Gasteiger partial charge on any atom is -0.298 e. The Morgan fingerprint density at radius 3 is 2.60 bits per heavy atom. The molecule has 0 radical (unpaired) electrons. The monoisotopic (exact) mass is 441 g/mol. The lowest BCUT2D eigenvalue weighted by molar-refractivity contribution is 0.102. The zero-order valence-electron chi connectivity index (χ0n) is 16.8. The average molecular weight is 442 g/mol. The van der Waals surface area contributed by atoms with E-state index in [4.69, 9.17) is 0 Å². The smallest absolute Gasteiger partial charge is 0.257 e. The molecule has 0 fully saturated rings. The molecule has 0 aliphatic rings. The molecule has 3 aromatic rings. The largest absolute Gasteiger partial charge is 0.298 e. The molecule has 1 aromatic heterocycles. The third-order valence-corrected chi connectivity index (χ3v) is 6.92. The van der Waals surface area contributed by atoms with Crippen molar-refractivity contribution < 1.29 is 13.2 Å². The highest BCUT2D eigenvalue weighted by Crippen LogP contribution is 2.26. The zero-order valence-corrected chi connectivity index (χ0v) is 18.4. The molecule has 2 N–H and O–H groups in total. The van der Waals surface area contributed by atoms with Gasteiger partial charge in [0.15, 0.2) is 5.13 Å². The standard InChI is InChI=1S/C22H23N3O3S2/c1-4-12-23-30(27,28)19-7-5-6-18(14-19)21(26)25-22-24-16(3)20(29-22)13-17-10-8-15(2)9-11-17/h4-11,14,23H,1,12-13H2,2-3H3,(H,24,25,26). The minimum absolute atomic E-state index is 0.0207. The van der Waals surface area contributed by atoms with Crippen molar-refractivity contribution in [1.29, 1.82) is 0 Å². The van der Waals surface area contributed by atoms with Gasteiger partial charge in [-0.05, 0) is 37.6 Å². The van der Waals surface area contributed by atoms with Gasteiger partial charge in [-0.15, -0.1) is 17.9 Å². The second kappa shape index (κ2) is 9.34. The molecule has 0 aliphatic heterocycles. The first-order chi connectivity index (χ1) is 14.3. The van der Waals surface area contributed by atoms with E-state index < -0.39 is 15.9 Å². The molecule has 30 heavy (non-hydrogen) atoms. The van der Waals surface area contributed by atoms with Crippen LogP contribution >= 0.6 is 11.3 Å². The van der Waals surface area contributed by atoms with Crippen LogP contribution in [0.15, 0.2) is 66.1 Å². The van der Waals surface area contributed by atoms with Crippen molar-refractivity contribution >= 4 is 32.4 Å². The third-order valence-electron chi connectivity index (χ3n) is 4.42. The molecule has 0 spiro atoms. The maximum atomic E-state index is 12.6. The van der Waals surface area contributed by atoms with Gasteiger partial charge in [-0.25, -0.2) is 18.1 Å². The highest BCUT2D eigenvalue weighted by atomic mass is 32.2. The first kappa shape index (κ1) is 21.9. The quantitative estimate of drug-likeness (QED) is 0.516. The Bertz CT molecular complexity index is 1170. The van der Waals surface area contributed by atoms with Gasteiger partial charge in [0.25, 0.3) is 5.91 Å². The molecule has 0 atom stereocenters. The predicted octanol–water partition coefficient (Wildman–Crippen LogP) is 4.07. The number of hydrogen-bond donors (Lipinski definition) is 2. The van der Waals surface area contributed by atoms with Crippen LogP contribution in [0, 0.1) is 13.8 Å². The van der Waals surface area contributed by atoms with Crippen molar-refractivity contribution in [1.82, 2.24) is 9.71 Å². The summed E-state index contributed by atoms with van der Waals surface area (Å²) < 4.78 is 26.9. The zero-order chi connectivity index (χ0) is 21.7. The van der Waals surface area contributed by atoms with Gasteiger partial charge < -0.3 is 0 Å². The minimum atomic E-state index is -3.71. The van der Waals surface area contributed by atoms with Gasteiger partial charge in [0.1, 0.15) is 0 Å². The molecule has 0 saturated heterocycles. The first-order valence-electron chi connectivity index (χ1n) is 9.32. The van der Waals surface area contributed by atoms with E-state index in [9.17, 15) is 13.2 Å². The number of carbonyl (C=O) groups excluding carboxylic acids is 1. The van der Waals surface area contributed by atoms with Gasteiger partial charge in [-0.1, -0.05) is 42.0 Å². The predicted molar refractivity (Wildman–Crippen MR) is 121 cm³/mol. The summed E-state index contributed by atoms with van der Waals surface area (Å²) in [4.78, 5) is 18.2. The molecular formula is C22H23N3O3S2. The van der Waals surface area contributed by atoms with Crippen LogP contribution in [0.3, 0.4) is 0 Å². The van der Waals surface area contributed by atoms with E-state index in [-0.39, 0.29) is 17.0 Å². The molecule has 156 valence electrons. The van der Waals surface area contributed by atoms with Crippen molar-refractivity contribution in [2.45, 2.75) is 25.2 Å². The van der Waals surface area contributed by atoms with E-state index in [2.05, 4.69) is 45.9 Å². The normalized spacial score (nSPS) is 11.3. The molecule has 3 rings (SSSR count). The van der Waals surface area contributed by atoms with E-state index >= 15 is 0 Å².